The molecule has 0 aliphatic carbocycles. The van der Waals surface area contributed by atoms with Gasteiger partial charge in [0.1, 0.15) is 11.5 Å². The third-order valence-electron chi connectivity index (χ3n) is 5.10. The van der Waals surface area contributed by atoms with E-state index in [0.29, 0.717) is 35.5 Å². The number of para-hydroxylation sites is 1. The van der Waals surface area contributed by atoms with Crippen molar-refractivity contribution >= 4 is 45.1 Å². The first kappa shape index (κ1) is 27.6. The second kappa shape index (κ2) is 13.9. The van der Waals surface area contributed by atoms with Crippen molar-refractivity contribution in [2.75, 3.05) is 13.2 Å². The summed E-state index contributed by atoms with van der Waals surface area (Å²) in [6.07, 6.45) is 1.83. The zero-order valence-corrected chi connectivity index (χ0v) is 22.3. The molecule has 34 heavy (non-hydrogen) atoms. The van der Waals surface area contributed by atoms with Gasteiger partial charge in [0.25, 0.3) is 11.8 Å². The fourth-order valence-corrected chi connectivity index (χ4v) is 3.46. The Morgan fingerprint density at radius 2 is 1.76 bits per heavy atom. The molecule has 2 amide bonds. The molecular formula is C25H32BrN3O4S. The van der Waals surface area contributed by atoms with E-state index < -0.39 is 11.8 Å². The summed E-state index contributed by atoms with van der Waals surface area (Å²) in [6.45, 7) is 8.72. The number of benzene rings is 2. The summed E-state index contributed by atoms with van der Waals surface area (Å²) in [7, 11) is 0. The molecule has 7 nitrogen and oxygen atoms in total. The Balaban J connectivity index is 1.87. The Bertz CT molecular complexity index is 1000. The number of hydrazine groups is 1. The standard InChI is InChI=1S/C25H32BrN3O4S/c1-5-17(4)19-8-6-7-9-21(19)33-15-23(30)28-29-25(34)27-24(31)20-14-18(26)10-11-22(20)32-13-12-16(2)3/h6-11,14,16-17H,5,12-13,15H2,1-4H3,(H,28,30)(H2,27,29,31,34). The van der Waals surface area contributed by atoms with Gasteiger partial charge in [0.15, 0.2) is 11.7 Å². The van der Waals surface area contributed by atoms with Crippen molar-refractivity contribution in [3.63, 3.8) is 0 Å². The Morgan fingerprint density at radius 3 is 2.47 bits per heavy atom. The maximum Gasteiger partial charge on any atom is 0.276 e. The minimum atomic E-state index is -0.452. The van der Waals surface area contributed by atoms with Crippen LogP contribution in [0.15, 0.2) is 46.9 Å². The SMILES string of the molecule is CCC(C)c1ccccc1OCC(=O)NNC(=S)NC(=O)c1cc(Br)ccc1OCCC(C)C. The molecule has 0 fully saturated rings. The predicted molar refractivity (Wildman–Crippen MR) is 141 cm³/mol. The van der Waals surface area contributed by atoms with Gasteiger partial charge in [0.2, 0.25) is 0 Å². The van der Waals surface area contributed by atoms with E-state index in [4.69, 9.17) is 21.7 Å². The molecule has 9 heteroatoms. The summed E-state index contributed by atoms with van der Waals surface area (Å²) in [5.41, 5.74) is 6.34. The van der Waals surface area contributed by atoms with Gasteiger partial charge < -0.3 is 9.47 Å². The number of hydrogen-bond acceptors (Lipinski definition) is 5. The van der Waals surface area contributed by atoms with Crippen molar-refractivity contribution in [2.24, 2.45) is 5.92 Å². The number of nitrogens with one attached hydrogen (secondary N) is 3. The van der Waals surface area contributed by atoms with E-state index in [1.165, 1.54) is 0 Å². The van der Waals surface area contributed by atoms with Gasteiger partial charge in [-0.25, -0.2) is 0 Å². The summed E-state index contributed by atoms with van der Waals surface area (Å²) in [4.78, 5) is 24.9. The number of rotatable bonds is 10. The Morgan fingerprint density at radius 1 is 1.03 bits per heavy atom. The highest BCUT2D eigenvalue weighted by Crippen LogP contribution is 2.28. The molecule has 0 bridgehead atoms. The van der Waals surface area contributed by atoms with Gasteiger partial charge >= 0.3 is 0 Å². The summed E-state index contributed by atoms with van der Waals surface area (Å²) in [5, 5.41) is 2.50. The van der Waals surface area contributed by atoms with E-state index in [-0.39, 0.29) is 11.7 Å². The highest BCUT2D eigenvalue weighted by Gasteiger charge is 2.16. The molecule has 2 rings (SSSR count). The van der Waals surface area contributed by atoms with Crippen molar-refractivity contribution < 1.29 is 19.1 Å². The molecule has 3 N–H and O–H groups in total. The van der Waals surface area contributed by atoms with E-state index in [1.807, 2.05) is 24.3 Å². The fraction of sp³-hybridized carbons (Fsp3) is 0.400. The molecule has 0 aliphatic heterocycles. The average molecular weight is 551 g/mol. The molecule has 0 radical (unpaired) electrons. The largest absolute Gasteiger partial charge is 0.493 e. The van der Waals surface area contributed by atoms with E-state index in [0.717, 1.165) is 22.9 Å². The number of hydrogen-bond donors (Lipinski definition) is 3. The lowest BCUT2D eigenvalue weighted by molar-refractivity contribution is -0.123. The Kier molecular flexibility index (Phi) is 11.3. The van der Waals surface area contributed by atoms with Crippen LogP contribution in [0.25, 0.3) is 0 Å². The van der Waals surface area contributed by atoms with Crippen LogP contribution in [0.3, 0.4) is 0 Å². The second-order valence-corrected chi connectivity index (χ2v) is 9.59. The zero-order chi connectivity index (χ0) is 25.1. The van der Waals surface area contributed by atoms with Crippen molar-refractivity contribution in [1.82, 2.24) is 16.2 Å². The number of ether oxygens (including phenoxy) is 2. The lowest BCUT2D eigenvalue weighted by atomic mass is 9.98. The lowest BCUT2D eigenvalue weighted by Gasteiger charge is -2.16. The summed E-state index contributed by atoms with van der Waals surface area (Å²) in [5.74, 6) is 1.05. The maximum absolute atomic E-state index is 12.7. The van der Waals surface area contributed by atoms with Crippen LogP contribution in [0.4, 0.5) is 0 Å². The van der Waals surface area contributed by atoms with Gasteiger partial charge in [-0.05, 0) is 66.7 Å². The van der Waals surface area contributed by atoms with Crippen molar-refractivity contribution in [3.8, 4) is 11.5 Å². The normalized spacial score (nSPS) is 11.5. The van der Waals surface area contributed by atoms with Crippen LogP contribution < -0.4 is 25.6 Å². The fourth-order valence-electron chi connectivity index (χ4n) is 2.96. The van der Waals surface area contributed by atoms with Gasteiger partial charge in [-0.3, -0.25) is 25.8 Å². The first-order valence-electron chi connectivity index (χ1n) is 11.3. The predicted octanol–water partition coefficient (Wildman–Crippen LogP) is 5.10. The van der Waals surface area contributed by atoms with Gasteiger partial charge in [0, 0.05) is 4.47 Å². The third-order valence-corrected chi connectivity index (χ3v) is 5.80. The Labute approximate surface area is 215 Å². The van der Waals surface area contributed by atoms with Crippen molar-refractivity contribution in [3.05, 3.63) is 58.1 Å². The van der Waals surface area contributed by atoms with E-state index in [1.54, 1.807) is 18.2 Å². The molecule has 0 heterocycles. The van der Waals surface area contributed by atoms with Crippen LogP contribution in [0.1, 0.15) is 62.4 Å². The minimum Gasteiger partial charge on any atom is -0.493 e. The molecule has 0 saturated carbocycles. The molecule has 2 aromatic rings. The quantitative estimate of drug-likeness (QED) is 0.282. The van der Waals surface area contributed by atoms with Gasteiger partial charge in [-0.1, -0.05) is 61.8 Å². The molecule has 0 aliphatic rings. The van der Waals surface area contributed by atoms with Crippen LogP contribution in [0.5, 0.6) is 11.5 Å². The summed E-state index contributed by atoms with van der Waals surface area (Å²) < 4.78 is 12.2. The van der Waals surface area contributed by atoms with E-state index in [2.05, 4.69) is 59.8 Å². The number of halogens is 1. The monoisotopic (exact) mass is 549 g/mol. The van der Waals surface area contributed by atoms with Gasteiger partial charge in [-0.2, -0.15) is 0 Å². The van der Waals surface area contributed by atoms with Crippen LogP contribution in [-0.4, -0.2) is 30.1 Å². The van der Waals surface area contributed by atoms with E-state index in [9.17, 15) is 9.59 Å². The highest BCUT2D eigenvalue weighted by molar-refractivity contribution is 9.10. The van der Waals surface area contributed by atoms with Crippen LogP contribution >= 0.6 is 28.1 Å². The number of carbonyl (C=O) groups excluding carboxylic acids is 2. The molecule has 0 aromatic heterocycles. The molecule has 0 saturated heterocycles. The van der Waals surface area contributed by atoms with Gasteiger partial charge in [0.05, 0.1) is 12.2 Å². The number of amides is 2. The van der Waals surface area contributed by atoms with Crippen LogP contribution in [0.2, 0.25) is 0 Å². The smallest absolute Gasteiger partial charge is 0.276 e. The van der Waals surface area contributed by atoms with Crippen molar-refractivity contribution in [1.29, 1.82) is 0 Å². The maximum atomic E-state index is 12.7. The molecule has 184 valence electrons. The molecule has 2 aromatic carbocycles. The number of carbonyl (C=O) groups is 2. The highest BCUT2D eigenvalue weighted by atomic mass is 79.9. The topological polar surface area (TPSA) is 88.7 Å². The summed E-state index contributed by atoms with van der Waals surface area (Å²) >= 11 is 8.52. The van der Waals surface area contributed by atoms with E-state index >= 15 is 0 Å². The zero-order valence-electron chi connectivity index (χ0n) is 19.9. The first-order valence-corrected chi connectivity index (χ1v) is 12.5. The van der Waals surface area contributed by atoms with Crippen LogP contribution in [0, 0.1) is 5.92 Å². The number of thiocarbonyl (C=S) groups is 1. The molecule has 1 atom stereocenters. The Hall–Kier alpha value is -2.65. The molecular weight excluding hydrogens is 518 g/mol. The van der Waals surface area contributed by atoms with Gasteiger partial charge in [-0.15, -0.1) is 0 Å². The second-order valence-electron chi connectivity index (χ2n) is 8.26. The average Bonchev–Trinajstić information content (AvgIpc) is 2.81. The lowest BCUT2D eigenvalue weighted by Crippen LogP contribution is -2.49. The third kappa shape index (κ3) is 8.95. The molecule has 1 unspecified atom stereocenters. The van der Waals surface area contributed by atoms with Crippen LogP contribution in [-0.2, 0) is 4.79 Å². The summed E-state index contributed by atoms with van der Waals surface area (Å²) in [6, 6.07) is 12.8. The molecule has 0 spiro atoms. The van der Waals surface area contributed by atoms with Crippen molar-refractivity contribution in [2.45, 2.75) is 46.5 Å². The minimum absolute atomic E-state index is 0.0496. The first-order chi connectivity index (χ1) is 16.2.